The Kier molecular flexibility index (Phi) is 6.21. The molecule has 3 nitrogen and oxygen atoms in total. The molecule has 1 aromatic carbocycles. The summed E-state index contributed by atoms with van der Waals surface area (Å²) in [5, 5.41) is 3.02. The largest absolute Gasteiger partial charge is 0.416 e. The molecule has 0 spiro atoms. The van der Waals surface area contributed by atoms with E-state index in [1.54, 1.807) is 0 Å². The van der Waals surface area contributed by atoms with Crippen LogP contribution in [-0.4, -0.2) is 37.5 Å². The fraction of sp³-hybridized carbons (Fsp3) is 0.588. The van der Waals surface area contributed by atoms with Gasteiger partial charge in [-0.15, -0.1) is 0 Å². The van der Waals surface area contributed by atoms with Gasteiger partial charge in [0.15, 0.2) is 0 Å². The van der Waals surface area contributed by atoms with Crippen molar-refractivity contribution in [2.24, 2.45) is 5.92 Å². The number of benzene rings is 1. The summed E-state index contributed by atoms with van der Waals surface area (Å²) in [4.78, 5) is 13.8. The lowest BCUT2D eigenvalue weighted by Gasteiger charge is -2.32. The minimum Gasteiger partial charge on any atom is -0.339 e. The molecule has 1 fully saturated rings. The molecule has 1 heterocycles. The van der Waals surface area contributed by atoms with Gasteiger partial charge >= 0.3 is 12.4 Å². The predicted octanol–water partition coefficient (Wildman–Crippen LogP) is 4.19. The van der Waals surface area contributed by atoms with Crippen molar-refractivity contribution in [2.75, 3.05) is 26.7 Å². The average Bonchev–Trinajstić information content (AvgIpc) is 2.58. The molecule has 2 rings (SSSR count). The molecule has 26 heavy (non-hydrogen) atoms. The minimum absolute atomic E-state index is 0.0285. The van der Waals surface area contributed by atoms with Gasteiger partial charge in [0.1, 0.15) is 0 Å². The van der Waals surface area contributed by atoms with Gasteiger partial charge < -0.3 is 10.2 Å². The Bertz CT molecular complexity index is 601. The average molecular weight is 382 g/mol. The molecule has 0 atom stereocenters. The lowest BCUT2D eigenvalue weighted by atomic mass is 9.93. The third-order valence-electron chi connectivity index (χ3n) is 4.54. The second kappa shape index (κ2) is 7.85. The first-order valence-corrected chi connectivity index (χ1v) is 8.25. The van der Waals surface area contributed by atoms with E-state index in [1.165, 1.54) is 4.90 Å². The van der Waals surface area contributed by atoms with Crippen molar-refractivity contribution in [3.8, 4) is 0 Å². The fourth-order valence-corrected chi connectivity index (χ4v) is 3.03. The van der Waals surface area contributed by atoms with Crippen LogP contribution >= 0.6 is 0 Å². The van der Waals surface area contributed by atoms with Crippen LogP contribution in [0, 0.1) is 5.92 Å². The molecule has 146 valence electrons. The molecule has 0 unspecified atom stereocenters. The van der Waals surface area contributed by atoms with Crippen LogP contribution in [0.4, 0.5) is 26.3 Å². The van der Waals surface area contributed by atoms with Gasteiger partial charge in [-0.2, -0.15) is 26.3 Å². The van der Waals surface area contributed by atoms with Crippen LogP contribution in [0.2, 0.25) is 0 Å². The molecule has 0 bridgehead atoms. The topological polar surface area (TPSA) is 32.3 Å². The Morgan fingerprint density at radius 1 is 1.04 bits per heavy atom. The van der Waals surface area contributed by atoms with Crippen molar-refractivity contribution >= 4 is 5.91 Å². The van der Waals surface area contributed by atoms with Gasteiger partial charge in [0.2, 0.25) is 0 Å². The van der Waals surface area contributed by atoms with Crippen molar-refractivity contribution in [1.29, 1.82) is 0 Å². The van der Waals surface area contributed by atoms with E-state index < -0.39 is 35.0 Å². The zero-order valence-electron chi connectivity index (χ0n) is 14.2. The number of hydrogen-bond acceptors (Lipinski definition) is 2. The molecule has 0 radical (unpaired) electrons. The second-order valence-electron chi connectivity index (χ2n) is 6.42. The van der Waals surface area contributed by atoms with E-state index in [0.717, 1.165) is 13.0 Å². The second-order valence-corrected chi connectivity index (χ2v) is 6.42. The summed E-state index contributed by atoms with van der Waals surface area (Å²) in [7, 11) is 1.82. The summed E-state index contributed by atoms with van der Waals surface area (Å²) in [6.45, 7) is 1.47. The van der Waals surface area contributed by atoms with Crippen molar-refractivity contribution in [2.45, 2.75) is 31.6 Å². The summed E-state index contributed by atoms with van der Waals surface area (Å²) >= 11 is 0. The number of piperidine rings is 1. The van der Waals surface area contributed by atoms with Crippen molar-refractivity contribution < 1.29 is 31.1 Å². The lowest BCUT2D eigenvalue weighted by molar-refractivity contribution is -0.143. The first-order valence-electron chi connectivity index (χ1n) is 8.25. The molecule has 0 aromatic heterocycles. The summed E-state index contributed by atoms with van der Waals surface area (Å²) in [5.41, 5.74) is -3.53. The molecular weight excluding hydrogens is 362 g/mol. The van der Waals surface area contributed by atoms with Gasteiger partial charge in [-0.3, -0.25) is 4.79 Å². The summed E-state index contributed by atoms with van der Waals surface area (Å²) in [5.74, 6) is -0.410. The first kappa shape index (κ1) is 20.5. The van der Waals surface area contributed by atoms with E-state index in [9.17, 15) is 31.1 Å². The number of carbonyl (C=O) groups is 1. The quantitative estimate of drug-likeness (QED) is 0.793. The van der Waals surface area contributed by atoms with Gasteiger partial charge in [-0.25, -0.2) is 0 Å². The molecule has 0 aliphatic carbocycles. The third kappa shape index (κ3) is 5.12. The maximum atomic E-state index is 12.9. The lowest BCUT2D eigenvalue weighted by Crippen LogP contribution is -2.39. The van der Waals surface area contributed by atoms with Gasteiger partial charge in [0.05, 0.1) is 11.1 Å². The Labute approximate surface area is 147 Å². The number of carbonyl (C=O) groups excluding carboxylic acids is 1. The monoisotopic (exact) mass is 382 g/mol. The highest BCUT2D eigenvalue weighted by atomic mass is 19.4. The van der Waals surface area contributed by atoms with Gasteiger partial charge in [0.25, 0.3) is 5.91 Å². The van der Waals surface area contributed by atoms with Gasteiger partial charge in [0, 0.05) is 18.7 Å². The zero-order chi connectivity index (χ0) is 19.5. The van der Waals surface area contributed by atoms with E-state index in [2.05, 4.69) is 5.32 Å². The molecular formula is C17H20F6N2O. The Morgan fingerprint density at radius 3 is 1.96 bits per heavy atom. The van der Waals surface area contributed by atoms with E-state index >= 15 is 0 Å². The highest BCUT2D eigenvalue weighted by molar-refractivity contribution is 5.94. The van der Waals surface area contributed by atoms with E-state index in [-0.39, 0.29) is 6.07 Å². The molecule has 1 aliphatic rings. The number of likely N-dealkylation sites (tertiary alicyclic amines) is 1. The van der Waals surface area contributed by atoms with Crippen LogP contribution in [0.5, 0.6) is 0 Å². The number of nitrogens with zero attached hydrogens (tertiary/aromatic N) is 1. The number of alkyl halides is 6. The molecule has 1 aromatic rings. The minimum atomic E-state index is -4.96. The van der Waals surface area contributed by atoms with Crippen LogP contribution in [-0.2, 0) is 12.4 Å². The molecule has 9 heteroatoms. The van der Waals surface area contributed by atoms with Crippen molar-refractivity contribution in [1.82, 2.24) is 10.2 Å². The number of halogens is 6. The van der Waals surface area contributed by atoms with E-state index in [0.29, 0.717) is 44.0 Å². The zero-order valence-corrected chi connectivity index (χ0v) is 14.2. The summed E-state index contributed by atoms with van der Waals surface area (Å²) in [6, 6.07) is 1.01. The predicted molar refractivity (Wildman–Crippen MR) is 83.6 cm³/mol. The highest BCUT2D eigenvalue weighted by Crippen LogP contribution is 2.36. The number of rotatable bonds is 4. The highest BCUT2D eigenvalue weighted by Gasteiger charge is 2.38. The molecule has 1 aliphatic heterocycles. The SMILES string of the molecule is CNCCC1CCN(C(=O)c2cc(C(F)(F)F)cc(C(F)(F)F)c2)CC1. The molecule has 1 amide bonds. The number of nitrogens with one attached hydrogen (secondary N) is 1. The van der Waals surface area contributed by atoms with Crippen LogP contribution < -0.4 is 5.32 Å². The first-order chi connectivity index (χ1) is 12.0. The standard InChI is InChI=1S/C17H20F6N2O/c1-24-5-2-11-3-6-25(7-4-11)15(26)12-8-13(16(18,19)20)10-14(9-12)17(21,22)23/h8-11,24H,2-7H2,1H3. The molecule has 1 saturated heterocycles. The molecule has 1 N–H and O–H groups in total. The Hall–Kier alpha value is -1.77. The number of amides is 1. The maximum Gasteiger partial charge on any atom is 0.416 e. The van der Waals surface area contributed by atoms with Crippen LogP contribution in [0.1, 0.15) is 40.7 Å². The smallest absolute Gasteiger partial charge is 0.339 e. The Morgan fingerprint density at radius 2 is 1.54 bits per heavy atom. The Balaban J connectivity index is 2.21. The van der Waals surface area contributed by atoms with E-state index in [1.807, 2.05) is 7.05 Å². The van der Waals surface area contributed by atoms with Gasteiger partial charge in [-0.05, 0) is 57.0 Å². The normalized spacial score (nSPS) is 16.8. The maximum absolute atomic E-state index is 12.9. The van der Waals surface area contributed by atoms with Crippen LogP contribution in [0.3, 0.4) is 0 Å². The number of hydrogen-bond donors (Lipinski definition) is 1. The van der Waals surface area contributed by atoms with Crippen LogP contribution in [0.25, 0.3) is 0 Å². The van der Waals surface area contributed by atoms with Crippen molar-refractivity contribution in [3.63, 3.8) is 0 Å². The van der Waals surface area contributed by atoms with Crippen LogP contribution in [0.15, 0.2) is 18.2 Å². The van der Waals surface area contributed by atoms with E-state index in [4.69, 9.17) is 0 Å². The summed E-state index contributed by atoms with van der Waals surface area (Å²) in [6.07, 6.45) is -7.65. The fourth-order valence-electron chi connectivity index (χ4n) is 3.03. The summed E-state index contributed by atoms with van der Waals surface area (Å²) < 4.78 is 77.5. The van der Waals surface area contributed by atoms with Crippen molar-refractivity contribution in [3.05, 3.63) is 34.9 Å². The third-order valence-corrected chi connectivity index (χ3v) is 4.54. The molecule has 0 saturated carbocycles. The van der Waals surface area contributed by atoms with Gasteiger partial charge in [-0.1, -0.05) is 0 Å².